The third-order valence-corrected chi connectivity index (χ3v) is 2.18. The molecule has 0 amide bonds. The lowest BCUT2D eigenvalue weighted by Crippen LogP contribution is -1.94. The van der Waals surface area contributed by atoms with E-state index < -0.39 is 34.4 Å². The predicted molar refractivity (Wildman–Crippen MR) is 51.7 cm³/mol. The minimum Gasteiger partial charge on any atom is -0.206 e. The van der Waals surface area contributed by atoms with Crippen molar-refractivity contribution in [1.82, 2.24) is 0 Å². The number of rotatable bonds is 1. The first-order chi connectivity index (χ1) is 7.61. The lowest BCUT2D eigenvalue weighted by Gasteiger charge is -2.06. The van der Waals surface area contributed by atoms with E-state index in [0.717, 1.165) is 30.3 Å². The third-order valence-electron chi connectivity index (χ3n) is 2.18. The second-order valence-corrected chi connectivity index (χ2v) is 3.20. The van der Waals surface area contributed by atoms with Gasteiger partial charge in [-0.2, -0.15) is 0 Å². The highest BCUT2D eigenvalue weighted by Gasteiger charge is 2.16. The van der Waals surface area contributed by atoms with Gasteiger partial charge in [0.15, 0.2) is 11.6 Å². The summed E-state index contributed by atoms with van der Waals surface area (Å²) < 4.78 is 52.9. The Morgan fingerprint density at radius 3 is 1.75 bits per heavy atom. The molecular weight excluding hydrogens is 220 g/mol. The van der Waals surface area contributed by atoms with E-state index in [0.29, 0.717) is 0 Å². The summed E-state index contributed by atoms with van der Waals surface area (Å²) >= 11 is 0. The summed E-state index contributed by atoms with van der Waals surface area (Å²) in [6, 6.07) is 6.34. The summed E-state index contributed by atoms with van der Waals surface area (Å²) in [5, 5.41) is 0. The Morgan fingerprint density at radius 1 is 0.625 bits per heavy atom. The van der Waals surface area contributed by atoms with Crippen LogP contribution in [0.15, 0.2) is 36.4 Å². The Hall–Kier alpha value is -1.84. The Kier molecular flexibility index (Phi) is 2.64. The van der Waals surface area contributed by atoms with Crippen LogP contribution < -0.4 is 0 Å². The molecule has 16 heavy (non-hydrogen) atoms. The summed E-state index contributed by atoms with van der Waals surface area (Å²) in [5.41, 5.74) is -0.977. The van der Waals surface area contributed by atoms with Crippen LogP contribution in [0.25, 0.3) is 11.1 Å². The van der Waals surface area contributed by atoms with Gasteiger partial charge in [-0.25, -0.2) is 17.6 Å². The van der Waals surface area contributed by atoms with Crippen LogP contribution in [0.2, 0.25) is 0 Å². The summed E-state index contributed by atoms with van der Waals surface area (Å²) in [6.45, 7) is 0. The van der Waals surface area contributed by atoms with Crippen molar-refractivity contribution < 1.29 is 17.6 Å². The molecule has 0 aliphatic heterocycles. The smallest absolute Gasteiger partial charge is 0.166 e. The molecule has 2 aromatic carbocycles. The molecule has 0 N–H and O–H groups in total. The highest BCUT2D eigenvalue weighted by molar-refractivity contribution is 5.65. The fraction of sp³-hybridized carbons (Fsp3) is 0. The van der Waals surface area contributed by atoms with Gasteiger partial charge >= 0.3 is 0 Å². The van der Waals surface area contributed by atoms with Crippen LogP contribution in [0.1, 0.15) is 0 Å². The van der Waals surface area contributed by atoms with E-state index in [9.17, 15) is 17.6 Å². The van der Waals surface area contributed by atoms with E-state index >= 15 is 0 Å². The molecule has 2 rings (SSSR count). The molecule has 0 aliphatic rings. The summed E-state index contributed by atoms with van der Waals surface area (Å²) in [6.07, 6.45) is 0. The fourth-order valence-corrected chi connectivity index (χ4v) is 1.45. The lowest BCUT2D eigenvalue weighted by molar-refractivity contribution is 0.508. The largest absolute Gasteiger partial charge is 0.206 e. The number of benzene rings is 2. The van der Waals surface area contributed by atoms with E-state index in [1.54, 1.807) is 0 Å². The maximum absolute atomic E-state index is 13.3. The molecule has 0 fully saturated rings. The third kappa shape index (κ3) is 1.66. The van der Waals surface area contributed by atoms with Crippen molar-refractivity contribution in [1.29, 1.82) is 0 Å². The first-order valence-corrected chi connectivity index (χ1v) is 4.49. The van der Waals surface area contributed by atoms with Crippen molar-refractivity contribution in [2.75, 3.05) is 0 Å². The van der Waals surface area contributed by atoms with Gasteiger partial charge < -0.3 is 0 Å². The zero-order chi connectivity index (χ0) is 11.7. The average Bonchev–Trinajstić information content (AvgIpc) is 2.24. The van der Waals surface area contributed by atoms with Crippen molar-refractivity contribution in [3.63, 3.8) is 0 Å². The van der Waals surface area contributed by atoms with Crippen LogP contribution in [0, 0.1) is 23.3 Å². The Labute approximate surface area is 89.2 Å². The van der Waals surface area contributed by atoms with Gasteiger partial charge in [0, 0.05) is 5.56 Å². The minimum atomic E-state index is -1.26. The summed E-state index contributed by atoms with van der Waals surface area (Å²) in [7, 11) is 0. The van der Waals surface area contributed by atoms with E-state index in [1.165, 1.54) is 6.07 Å². The number of hydrogen-bond donors (Lipinski definition) is 0. The Morgan fingerprint density at radius 2 is 1.12 bits per heavy atom. The molecule has 0 saturated carbocycles. The van der Waals surface area contributed by atoms with Crippen molar-refractivity contribution in [3.8, 4) is 11.1 Å². The van der Waals surface area contributed by atoms with Crippen LogP contribution in [0.3, 0.4) is 0 Å². The molecule has 0 unspecified atom stereocenters. The Balaban J connectivity index is 2.73. The molecule has 0 bridgehead atoms. The van der Waals surface area contributed by atoms with Gasteiger partial charge in [-0.3, -0.25) is 0 Å². The molecule has 0 aromatic heterocycles. The molecule has 4 heteroatoms. The minimum absolute atomic E-state index is 0.421. The van der Waals surface area contributed by atoms with Crippen LogP contribution in [0.4, 0.5) is 17.6 Å². The molecule has 0 radical (unpaired) electrons. The van der Waals surface area contributed by atoms with Crippen LogP contribution in [-0.2, 0) is 0 Å². The van der Waals surface area contributed by atoms with E-state index in [1.807, 2.05) is 0 Å². The monoisotopic (exact) mass is 226 g/mol. The van der Waals surface area contributed by atoms with Gasteiger partial charge in [0.2, 0.25) is 0 Å². The van der Waals surface area contributed by atoms with Gasteiger partial charge in [0.1, 0.15) is 11.6 Å². The SMILES string of the molecule is Fc1cccc(-c2c(F)cccc2F)c1F. The quantitative estimate of drug-likeness (QED) is 0.646. The normalized spacial score (nSPS) is 10.5. The van der Waals surface area contributed by atoms with Crippen molar-refractivity contribution >= 4 is 0 Å². The number of hydrogen-bond acceptors (Lipinski definition) is 0. The van der Waals surface area contributed by atoms with Gasteiger partial charge in [-0.05, 0) is 18.2 Å². The lowest BCUT2D eigenvalue weighted by atomic mass is 10.0. The average molecular weight is 226 g/mol. The van der Waals surface area contributed by atoms with Gasteiger partial charge in [-0.15, -0.1) is 0 Å². The first kappa shape index (κ1) is 10.7. The maximum atomic E-state index is 13.3. The van der Waals surface area contributed by atoms with Gasteiger partial charge in [0.05, 0.1) is 5.56 Å². The second kappa shape index (κ2) is 3.96. The molecule has 0 spiro atoms. The van der Waals surface area contributed by atoms with Crippen LogP contribution >= 0.6 is 0 Å². The standard InChI is InChI=1S/C12H6F4/c13-8-4-2-5-9(14)11(8)7-3-1-6-10(15)12(7)16/h1-6H. The second-order valence-electron chi connectivity index (χ2n) is 3.20. The van der Waals surface area contributed by atoms with Crippen LogP contribution in [0.5, 0.6) is 0 Å². The maximum Gasteiger partial charge on any atom is 0.166 e. The van der Waals surface area contributed by atoms with Crippen molar-refractivity contribution in [2.45, 2.75) is 0 Å². The molecule has 0 heterocycles. The molecule has 0 atom stereocenters. The molecule has 82 valence electrons. The van der Waals surface area contributed by atoms with Crippen molar-refractivity contribution in [3.05, 3.63) is 59.7 Å². The van der Waals surface area contributed by atoms with E-state index in [-0.39, 0.29) is 0 Å². The predicted octanol–water partition coefficient (Wildman–Crippen LogP) is 3.91. The zero-order valence-corrected chi connectivity index (χ0v) is 7.98. The zero-order valence-electron chi connectivity index (χ0n) is 7.98. The first-order valence-electron chi connectivity index (χ1n) is 4.49. The van der Waals surface area contributed by atoms with Crippen LogP contribution in [-0.4, -0.2) is 0 Å². The Bertz CT molecular complexity index is 514. The molecule has 0 saturated heterocycles. The fourth-order valence-electron chi connectivity index (χ4n) is 1.45. The molecule has 2 aromatic rings. The van der Waals surface area contributed by atoms with E-state index in [4.69, 9.17) is 0 Å². The summed E-state index contributed by atoms with van der Waals surface area (Å²) in [5.74, 6) is -4.25. The highest BCUT2D eigenvalue weighted by atomic mass is 19.2. The number of halogens is 4. The van der Waals surface area contributed by atoms with E-state index in [2.05, 4.69) is 0 Å². The molecule has 0 nitrogen and oxygen atoms in total. The van der Waals surface area contributed by atoms with Crippen molar-refractivity contribution in [2.24, 2.45) is 0 Å². The topological polar surface area (TPSA) is 0 Å². The highest BCUT2D eigenvalue weighted by Crippen LogP contribution is 2.29. The summed E-state index contributed by atoms with van der Waals surface area (Å²) in [4.78, 5) is 0. The van der Waals surface area contributed by atoms with Gasteiger partial charge in [0.25, 0.3) is 0 Å². The van der Waals surface area contributed by atoms with Gasteiger partial charge in [-0.1, -0.05) is 18.2 Å². The molecular formula is C12H6F4. The molecule has 0 aliphatic carbocycles.